The van der Waals surface area contributed by atoms with Crippen molar-refractivity contribution in [2.45, 2.75) is 26.7 Å². The Labute approximate surface area is 124 Å². The topological polar surface area (TPSA) is 88.7 Å². The lowest BCUT2D eigenvalue weighted by Gasteiger charge is -2.30. The molecule has 1 aliphatic rings. The van der Waals surface area contributed by atoms with E-state index in [1.165, 1.54) is 0 Å². The molecule has 0 radical (unpaired) electrons. The zero-order chi connectivity index (χ0) is 15.0. The van der Waals surface area contributed by atoms with Gasteiger partial charge in [-0.3, -0.25) is 9.78 Å². The number of hydrogen-bond acceptors (Lipinski definition) is 5. The van der Waals surface area contributed by atoms with Gasteiger partial charge >= 0.3 is 0 Å². The molecule has 7 nitrogen and oxygen atoms in total. The molecule has 0 atom stereocenters. The van der Waals surface area contributed by atoms with Crippen molar-refractivity contribution in [3.05, 3.63) is 11.4 Å². The van der Waals surface area contributed by atoms with E-state index < -0.39 is 0 Å². The van der Waals surface area contributed by atoms with E-state index in [1.54, 1.807) is 0 Å². The maximum Gasteiger partial charge on any atom is 0.245 e. The number of hydrogen-bond donors (Lipinski definition) is 2. The molecule has 1 saturated heterocycles. The molecule has 0 saturated carbocycles. The van der Waals surface area contributed by atoms with Gasteiger partial charge in [0.15, 0.2) is 5.82 Å². The van der Waals surface area contributed by atoms with Crippen molar-refractivity contribution >= 4 is 5.95 Å². The molecule has 1 fully saturated rings. The zero-order valence-corrected chi connectivity index (χ0v) is 12.9. The molecular formula is C14H23N7. The monoisotopic (exact) mass is 289 g/mol. The third-order valence-corrected chi connectivity index (χ3v) is 4.45. The zero-order valence-electron chi connectivity index (χ0n) is 12.9. The maximum absolute atomic E-state index is 5.74. The third-order valence-electron chi connectivity index (χ3n) is 4.45. The highest BCUT2D eigenvalue weighted by molar-refractivity contribution is 5.62. The highest BCUT2D eigenvalue weighted by Gasteiger charge is 2.22. The van der Waals surface area contributed by atoms with Crippen LogP contribution in [0.4, 0.5) is 5.95 Å². The standard InChI is InChI=1S/C14H23N7/c1-9-12(10(2)20(3)19-9)13-16-14(18-17-13)21-6-4-11(8-15)5-7-21/h11H,4-8,15H2,1-3H3,(H,16,17,18). The summed E-state index contributed by atoms with van der Waals surface area (Å²) in [4.78, 5) is 6.89. The van der Waals surface area contributed by atoms with E-state index in [0.29, 0.717) is 5.92 Å². The van der Waals surface area contributed by atoms with Crippen LogP contribution >= 0.6 is 0 Å². The number of nitrogens with one attached hydrogen (secondary N) is 1. The van der Waals surface area contributed by atoms with Crippen LogP contribution in [0.3, 0.4) is 0 Å². The van der Waals surface area contributed by atoms with Crippen molar-refractivity contribution < 1.29 is 0 Å². The average molecular weight is 289 g/mol. The van der Waals surface area contributed by atoms with E-state index in [0.717, 1.165) is 61.2 Å². The first-order valence-electron chi connectivity index (χ1n) is 7.48. The summed E-state index contributed by atoms with van der Waals surface area (Å²) in [6.45, 7) is 6.77. The molecule has 2 aromatic heterocycles. The fourth-order valence-corrected chi connectivity index (χ4v) is 2.99. The van der Waals surface area contributed by atoms with Crippen LogP contribution in [-0.4, -0.2) is 44.6 Å². The van der Waals surface area contributed by atoms with Gasteiger partial charge in [-0.1, -0.05) is 0 Å². The van der Waals surface area contributed by atoms with Gasteiger partial charge in [-0.15, -0.1) is 5.10 Å². The van der Waals surface area contributed by atoms with Gasteiger partial charge in [0.05, 0.1) is 11.3 Å². The molecule has 7 heteroatoms. The largest absolute Gasteiger partial charge is 0.340 e. The van der Waals surface area contributed by atoms with Crippen molar-refractivity contribution in [3.8, 4) is 11.4 Å². The fourth-order valence-electron chi connectivity index (χ4n) is 2.99. The quantitative estimate of drug-likeness (QED) is 0.880. The van der Waals surface area contributed by atoms with E-state index in [4.69, 9.17) is 5.73 Å². The molecule has 3 rings (SSSR count). The molecule has 0 amide bonds. The summed E-state index contributed by atoms with van der Waals surface area (Å²) in [6, 6.07) is 0. The number of rotatable bonds is 3. The normalized spacial score (nSPS) is 16.7. The Morgan fingerprint density at radius 2 is 2.00 bits per heavy atom. The number of anilines is 1. The van der Waals surface area contributed by atoms with Crippen LogP contribution in [0, 0.1) is 19.8 Å². The van der Waals surface area contributed by atoms with Gasteiger partial charge in [0.25, 0.3) is 0 Å². The minimum absolute atomic E-state index is 0.641. The molecule has 114 valence electrons. The first-order valence-corrected chi connectivity index (χ1v) is 7.48. The number of nitrogens with two attached hydrogens (primary N) is 1. The first-order chi connectivity index (χ1) is 10.1. The fraction of sp³-hybridized carbons (Fsp3) is 0.643. The molecule has 0 aliphatic carbocycles. The Bertz CT molecular complexity index is 619. The SMILES string of the molecule is Cc1nn(C)c(C)c1-c1nc(N2CCC(CN)CC2)n[nH]1. The van der Waals surface area contributed by atoms with Crippen molar-refractivity contribution in [3.63, 3.8) is 0 Å². The number of aromatic amines is 1. The number of aromatic nitrogens is 5. The smallest absolute Gasteiger partial charge is 0.245 e. The minimum atomic E-state index is 0.641. The molecule has 21 heavy (non-hydrogen) atoms. The van der Waals surface area contributed by atoms with Crippen LogP contribution in [0.1, 0.15) is 24.2 Å². The Hall–Kier alpha value is -1.89. The lowest BCUT2D eigenvalue weighted by molar-refractivity contribution is 0.411. The predicted octanol–water partition coefficient (Wildman–Crippen LogP) is 0.997. The summed E-state index contributed by atoms with van der Waals surface area (Å²) in [5, 5.41) is 11.9. The van der Waals surface area contributed by atoms with E-state index >= 15 is 0 Å². The van der Waals surface area contributed by atoms with E-state index in [-0.39, 0.29) is 0 Å². The highest BCUT2D eigenvalue weighted by Crippen LogP contribution is 2.26. The first kappa shape index (κ1) is 14.1. The van der Waals surface area contributed by atoms with E-state index in [2.05, 4.69) is 25.2 Å². The van der Waals surface area contributed by atoms with Crippen LogP contribution in [0.2, 0.25) is 0 Å². The summed E-state index contributed by atoms with van der Waals surface area (Å²) in [6.07, 6.45) is 2.23. The second kappa shape index (κ2) is 5.48. The minimum Gasteiger partial charge on any atom is -0.340 e. The summed E-state index contributed by atoms with van der Waals surface area (Å²) in [7, 11) is 1.95. The van der Waals surface area contributed by atoms with Gasteiger partial charge in [-0.05, 0) is 39.2 Å². The van der Waals surface area contributed by atoms with Gasteiger partial charge in [0.1, 0.15) is 0 Å². The van der Waals surface area contributed by atoms with Crippen molar-refractivity contribution in [1.82, 2.24) is 25.0 Å². The molecule has 1 aliphatic heterocycles. The molecule has 0 unspecified atom stereocenters. The van der Waals surface area contributed by atoms with Gasteiger partial charge < -0.3 is 10.6 Å². The van der Waals surface area contributed by atoms with Gasteiger partial charge in [0.2, 0.25) is 5.95 Å². The van der Waals surface area contributed by atoms with Crippen LogP contribution < -0.4 is 10.6 Å². The summed E-state index contributed by atoms with van der Waals surface area (Å²) in [5.41, 5.74) is 8.85. The summed E-state index contributed by atoms with van der Waals surface area (Å²) < 4.78 is 1.87. The third kappa shape index (κ3) is 2.53. The highest BCUT2D eigenvalue weighted by atomic mass is 15.4. The Balaban J connectivity index is 1.81. The number of nitrogens with zero attached hydrogens (tertiary/aromatic N) is 5. The van der Waals surface area contributed by atoms with Crippen LogP contribution in [0.15, 0.2) is 0 Å². The van der Waals surface area contributed by atoms with Crippen LogP contribution in [0.5, 0.6) is 0 Å². The molecule has 3 heterocycles. The molecule has 2 aromatic rings. The summed E-state index contributed by atoms with van der Waals surface area (Å²) >= 11 is 0. The Morgan fingerprint density at radius 3 is 2.57 bits per heavy atom. The second-order valence-electron chi connectivity index (χ2n) is 5.82. The second-order valence-corrected chi connectivity index (χ2v) is 5.82. The lowest BCUT2D eigenvalue weighted by Crippen LogP contribution is -2.36. The maximum atomic E-state index is 5.74. The average Bonchev–Trinajstić information content (AvgIpc) is 3.05. The van der Waals surface area contributed by atoms with Crippen LogP contribution in [-0.2, 0) is 7.05 Å². The van der Waals surface area contributed by atoms with Gasteiger partial charge in [-0.25, -0.2) is 0 Å². The van der Waals surface area contributed by atoms with Gasteiger partial charge in [0, 0.05) is 25.8 Å². The Kier molecular flexibility index (Phi) is 3.67. The van der Waals surface area contributed by atoms with E-state index in [9.17, 15) is 0 Å². The molecule has 0 spiro atoms. The predicted molar refractivity (Wildman–Crippen MR) is 82.1 cm³/mol. The molecular weight excluding hydrogens is 266 g/mol. The van der Waals surface area contributed by atoms with Crippen molar-refractivity contribution in [2.24, 2.45) is 18.7 Å². The number of aryl methyl sites for hydroxylation is 2. The number of H-pyrrole nitrogens is 1. The molecule has 0 aromatic carbocycles. The molecule has 0 bridgehead atoms. The van der Waals surface area contributed by atoms with Crippen molar-refractivity contribution in [2.75, 3.05) is 24.5 Å². The Morgan fingerprint density at radius 1 is 1.29 bits per heavy atom. The lowest BCUT2D eigenvalue weighted by atomic mass is 9.97. The molecule has 3 N–H and O–H groups in total. The summed E-state index contributed by atoms with van der Waals surface area (Å²) in [5.74, 6) is 2.22. The number of piperidine rings is 1. The van der Waals surface area contributed by atoms with Gasteiger partial charge in [-0.2, -0.15) is 10.1 Å². The van der Waals surface area contributed by atoms with E-state index in [1.807, 2.05) is 25.6 Å². The van der Waals surface area contributed by atoms with Crippen molar-refractivity contribution in [1.29, 1.82) is 0 Å². The van der Waals surface area contributed by atoms with Crippen LogP contribution in [0.25, 0.3) is 11.4 Å².